The maximum Gasteiger partial charge on any atom is 0.188 e. The lowest BCUT2D eigenvalue weighted by Crippen LogP contribution is -2.08. The van der Waals surface area contributed by atoms with Crippen LogP contribution in [0.4, 0.5) is 0 Å². The van der Waals surface area contributed by atoms with E-state index in [-0.39, 0.29) is 35.5 Å². The predicted octanol–water partition coefficient (Wildman–Crippen LogP) is 3.18. The molecule has 0 saturated heterocycles. The maximum atomic E-state index is 11.5. The molecule has 4 nitrogen and oxygen atoms in total. The first-order valence-electron chi connectivity index (χ1n) is 5.17. The van der Waals surface area contributed by atoms with Crippen molar-refractivity contribution in [2.75, 3.05) is 0 Å². The van der Waals surface area contributed by atoms with Crippen molar-refractivity contribution in [3.05, 3.63) is 16.4 Å². The molecule has 0 saturated carbocycles. The standard InChI is InChI=1S/C11H19NO3/c1-7(2)5-9(13)11(12-15)10(14)6-8(3)4/h7-8,13H,5-6H2,1-4H3/b11-9-. The molecule has 0 spiro atoms. The molecule has 0 radical (unpaired) electrons. The minimum atomic E-state index is -0.377. The summed E-state index contributed by atoms with van der Waals surface area (Å²) in [5, 5.41) is 12.2. The Hall–Kier alpha value is -1.19. The molecule has 0 aromatic heterocycles. The van der Waals surface area contributed by atoms with Crippen molar-refractivity contribution >= 4 is 5.78 Å². The van der Waals surface area contributed by atoms with E-state index in [9.17, 15) is 14.8 Å². The first kappa shape index (κ1) is 13.8. The molecule has 0 atom stereocenters. The lowest BCUT2D eigenvalue weighted by molar-refractivity contribution is -0.116. The molecule has 0 fully saturated rings. The Kier molecular flexibility index (Phi) is 5.82. The van der Waals surface area contributed by atoms with Crippen molar-refractivity contribution in [2.24, 2.45) is 17.0 Å². The Labute approximate surface area is 90.3 Å². The molecule has 0 aliphatic heterocycles. The molecule has 0 aromatic carbocycles. The van der Waals surface area contributed by atoms with E-state index in [0.717, 1.165) is 0 Å². The monoisotopic (exact) mass is 213 g/mol. The van der Waals surface area contributed by atoms with Gasteiger partial charge in [0.25, 0.3) is 0 Å². The van der Waals surface area contributed by atoms with E-state index in [4.69, 9.17) is 0 Å². The highest BCUT2D eigenvalue weighted by atomic mass is 16.3. The quantitative estimate of drug-likeness (QED) is 0.418. The first-order valence-corrected chi connectivity index (χ1v) is 5.17. The molecule has 0 aliphatic rings. The summed E-state index contributed by atoms with van der Waals surface area (Å²) in [6, 6.07) is 0. The van der Waals surface area contributed by atoms with Crippen LogP contribution >= 0.6 is 0 Å². The smallest absolute Gasteiger partial charge is 0.188 e. The number of nitroso groups, excluding NO2 is 1. The van der Waals surface area contributed by atoms with Gasteiger partial charge in [0.05, 0.1) is 0 Å². The zero-order chi connectivity index (χ0) is 12.0. The molecule has 1 N–H and O–H groups in total. The van der Waals surface area contributed by atoms with Gasteiger partial charge in [0.2, 0.25) is 0 Å². The lowest BCUT2D eigenvalue weighted by Gasteiger charge is -2.07. The van der Waals surface area contributed by atoms with E-state index in [1.807, 2.05) is 27.7 Å². The first-order chi connectivity index (χ1) is 6.88. The Bertz CT molecular complexity index is 267. The summed E-state index contributed by atoms with van der Waals surface area (Å²) in [6.45, 7) is 7.54. The Morgan fingerprint density at radius 1 is 1.13 bits per heavy atom. The third kappa shape index (κ3) is 5.30. The molecule has 4 heteroatoms. The van der Waals surface area contributed by atoms with E-state index in [1.165, 1.54) is 0 Å². The second-order valence-corrected chi connectivity index (χ2v) is 4.51. The highest BCUT2D eigenvalue weighted by Gasteiger charge is 2.18. The number of aliphatic hydroxyl groups excluding tert-OH is 1. The number of Topliss-reactive ketones (excluding diaryl/α,β-unsaturated/α-hetero) is 1. The average Bonchev–Trinajstić information content (AvgIpc) is 2.01. The van der Waals surface area contributed by atoms with Crippen molar-refractivity contribution in [3.8, 4) is 0 Å². The van der Waals surface area contributed by atoms with E-state index >= 15 is 0 Å². The van der Waals surface area contributed by atoms with Gasteiger partial charge in [0.15, 0.2) is 11.5 Å². The minimum absolute atomic E-state index is 0.154. The minimum Gasteiger partial charge on any atom is -0.510 e. The van der Waals surface area contributed by atoms with Crippen molar-refractivity contribution < 1.29 is 9.90 Å². The summed E-state index contributed by atoms with van der Waals surface area (Å²) >= 11 is 0. The van der Waals surface area contributed by atoms with Gasteiger partial charge in [-0.15, -0.1) is 4.91 Å². The molecule has 15 heavy (non-hydrogen) atoms. The molecule has 0 amide bonds. The SMILES string of the molecule is CC(C)CC(=O)/C(N=O)=C(/O)CC(C)C. The zero-order valence-corrected chi connectivity index (χ0v) is 9.78. The Balaban J connectivity index is 4.72. The normalized spacial score (nSPS) is 12.9. The van der Waals surface area contributed by atoms with Crippen LogP contribution in [-0.2, 0) is 4.79 Å². The van der Waals surface area contributed by atoms with Gasteiger partial charge in [0, 0.05) is 12.8 Å². The largest absolute Gasteiger partial charge is 0.510 e. The number of nitrogens with zero attached hydrogens (tertiary/aromatic N) is 1. The van der Waals surface area contributed by atoms with Crippen LogP contribution in [0.1, 0.15) is 40.5 Å². The fraction of sp³-hybridized carbons (Fsp3) is 0.727. The summed E-state index contributed by atoms with van der Waals surface area (Å²) in [5.41, 5.74) is -0.308. The third-order valence-electron chi connectivity index (χ3n) is 1.82. The number of allylic oxidation sites excluding steroid dienone is 2. The maximum absolute atomic E-state index is 11.5. The number of carbonyl (C=O) groups is 1. The van der Waals surface area contributed by atoms with Crippen molar-refractivity contribution in [1.29, 1.82) is 0 Å². The number of hydrogen-bond donors (Lipinski definition) is 1. The molecule has 0 aromatic rings. The van der Waals surface area contributed by atoms with Crippen molar-refractivity contribution in [1.82, 2.24) is 0 Å². The molecule has 0 bridgehead atoms. The van der Waals surface area contributed by atoms with Crippen molar-refractivity contribution in [2.45, 2.75) is 40.5 Å². The van der Waals surface area contributed by atoms with E-state index in [2.05, 4.69) is 5.18 Å². The van der Waals surface area contributed by atoms with Crippen LogP contribution in [0.15, 0.2) is 16.6 Å². The number of aliphatic hydroxyl groups is 1. The molecular weight excluding hydrogens is 194 g/mol. The molecule has 0 unspecified atom stereocenters. The van der Waals surface area contributed by atoms with Gasteiger partial charge in [-0.3, -0.25) is 4.79 Å². The highest BCUT2D eigenvalue weighted by molar-refractivity contribution is 5.95. The van der Waals surface area contributed by atoms with Gasteiger partial charge in [-0.2, -0.15) is 0 Å². The summed E-state index contributed by atoms with van der Waals surface area (Å²) in [7, 11) is 0. The van der Waals surface area contributed by atoms with E-state index in [0.29, 0.717) is 6.42 Å². The number of hydrogen-bond acceptors (Lipinski definition) is 4. The number of rotatable bonds is 6. The van der Waals surface area contributed by atoms with Crippen LogP contribution in [0.25, 0.3) is 0 Å². The number of ketones is 1. The second-order valence-electron chi connectivity index (χ2n) is 4.51. The van der Waals surface area contributed by atoms with Gasteiger partial charge in [-0.05, 0) is 17.0 Å². The molecule has 0 heterocycles. The lowest BCUT2D eigenvalue weighted by atomic mass is 10.0. The fourth-order valence-corrected chi connectivity index (χ4v) is 1.22. The zero-order valence-electron chi connectivity index (χ0n) is 9.78. The van der Waals surface area contributed by atoms with Crippen LogP contribution in [0, 0.1) is 16.7 Å². The third-order valence-corrected chi connectivity index (χ3v) is 1.82. The van der Waals surface area contributed by atoms with Crippen LogP contribution in [0.3, 0.4) is 0 Å². The van der Waals surface area contributed by atoms with Crippen LogP contribution in [-0.4, -0.2) is 10.9 Å². The molecule has 86 valence electrons. The fourth-order valence-electron chi connectivity index (χ4n) is 1.22. The van der Waals surface area contributed by atoms with E-state index < -0.39 is 0 Å². The highest BCUT2D eigenvalue weighted by Crippen LogP contribution is 2.17. The number of carbonyl (C=O) groups excluding carboxylic acids is 1. The van der Waals surface area contributed by atoms with Gasteiger partial charge >= 0.3 is 0 Å². The Morgan fingerprint density at radius 2 is 1.60 bits per heavy atom. The van der Waals surface area contributed by atoms with Crippen LogP contribution in [0.5, 0.6) is 0 Å². The predicted molar refractivity (Wildman–Crippen MR) is 59.4 cm³/mol. The summed E-state index contributed by atoms with van der Waals surface area (Å²) in [5.74, 6) is -0.224. The summed E-state index contributed by atoms with van der Waals surface area (Å²) in [6.07, 6.45) is 0.550. The molecular formula is C11H19NO3. The van der Waals surface area contributed by atoms with Gasteiger partial charge in [-0.25, -0.2) is 0 Å². The van der Waals surface area contributed by atoms with Gasteiger partial charge < -0.3 is 5.11 Å². The average molecular weight is 213 g/mol. The molecule has 0 aliphatic carbocycles. The summed E-state index contributed by atoms with van der Waals surface area (Å²) < 4.78 is 0. The molecule has 0 rings (SSSR count). The Morgan fingerprint density at radius 3 is 1.93 bits per heavy atom. The topological polar surface area (TPSA) is 66.7 Å². The second kappa shape index (κ2) is 6.32. The van der Waals surface area contributed by atoms with Crippen LogP contribution in [0.2, 0.25) is 0 Å². The van der Waals surface area contributed by atoms with Crippen LogP contribution < -0.4 is 0 Å². The summed E-state index contributed by atoms with van der Waals surface area (Å²) in [4.78, 5) is 22.0. The van der Waals surface area contributed by atoms with Crippen molar-refractivity contribution in [3.63, 3.8) is 0 Å². The van der Waals surface area contributed by atoms with Gasteiger partial charge in [-0.1, -0.05) is 27.7 Å². The van der Waals surface area contributed by atoms with E-state index in [1.54, 1.807) is 0 Å². The van der Waals surface area contributed by atoms with Gasteiger partial charge in [0.1, 0.15) is 5.76 Å².